The number of benzene rings is 2. The lowest BCUT2D eigenvalue weighted by atomic mass is 10.1. The van der Waals surface area contributed by atoms with Crippen LogP contribution in [0, 0.1) is 0 Å². The number of pyridine rings is 1. The Morgan fingerprint density at radius 1 is 1.07 bits per heavy atom. The first-order chi connectivity index (χ1) is 14.5. The zero-order chi connectivity index (χ0) is 20.8. The van der Waals surface area contributed by atoms with Crippen LogP contribution in [0.25, 0.3) is 21.9 Å². The Morgan fingerprint density at radius 3 is 2.60 bits per heavy atom. The van der Waals surface area contributed by atoms with Gasteiger partial charge in [0.25, 0.3) is 5.56 Å². The molecule has 0 amide bonds. The van der Waals surface area contributed by atoms with Gasteiger partial charge in [0.1, 0.15) is 10.3 Å². The zero-order valence-electron chi connectivity index (χ0n) is 15.9. The summed E-state index contributed by atoms with van der Waals surface area (Å²) in [6, 6.07) is 14.4. The van der Waals surface area contributed by atoms with Crippen LogP contribution in [-0.2, 0) is 0 Å². The third-order valence-corrected chi connectivity index (χ3v) is 6.89. The van der Waals surface area contributed by atoms with Crippen LogP contribution in [0.1, 0.15) is 31.7 Å². The molecule has 0 radical (unpaired) electrons. The normalized spacial score (nSPS) is 14.7. The average molecular weight is 440 g/mol. The van der Waals surface area contributed by atoms with Crippen molar-refractivity contribution in [2.75, 3.05) is 0 Å². The second kappa shape index (κ2) is 7.52. The second-order valence-corrected chi connectivity index (χ2v) is 8.98. The maximum absolute atomic E-state index is 13.5. The maximum atomic E-state index is 13.5. The third-order valence-electron chi connectivity index (χ3n) is 5.61. The van der Waals surface area contributed by atoms with Crippen LogP contribution in [0.5, 0.6) is 5.75 Å². The summed E-state index contributed by atoms with van der Waals surface area (Å²) >= 11 is 7.07. The fourth-order valence-corrected chi connectivity index (χ4v) is 5.41. The smallest absolute Gasteiger partial charge is 0.354 e. The summed E-state index contributed by atoms with van der Waals surface area (Å²) in [6.07, 6.45) is 3.96. The molecule has 7 heteroatoms. The molecule has 1 N–H and O–H groups in total. The van der Waals surface area contributed by atoms with Gasteiger partial charge in [0.05, 0.1) is 5.52 Å². The first kappa shape index (κ1) is 19.3. The van der Waals surface area contributed by atoms with E-state index in [1.165, 1.54) is 0 Å². The molecular weight excluding hydrogens is 422 g/mol. The number of hydrogen-bond donors (Lipinski definition) is 1. The molecule has 0 spiro atoms. The summed E-state index contributed by atoms with van der Waals surface area (Å²) < 4.78 is 7.37. The molecule has 0 saturated heterocycles. The average Bonchev–Trinajstić information content (AvgIpc) is 3.25. The maximum Gasteiger partial charge on any atom is 0.354 e. The molecule has 2 heterocycles. The summed E-state index contributed by atoms with van der Waals surface area (Å²) in [4.78, 5) is 26.9. The highest BCUT2D eigenvalue weighted by Gasteiger charge is 2.26. The number of hydrogen-bond acceptors (Lipinski definition) is 5. The van der Waals surface area contributed by atoms with Crippen LogP contribution in [0.4, 0.5) is 0 Å². The molecule has 1 aliphatic carbocycles. The number of aromatic hydroxyl groups is 1. The standard InChI is InChI=1S/C23H18ClNO4S/c24-13-6-5-9-15(12-13)30-21-19(26)18-20(29-23(21)28)16-10-3-4-11-17(16)25(22(18)27)14-7-1-2-8-14/h3-6,9-12,14,26H,1-2,7-8H2. The molecule has 1 aliphatic rings. The molecule has 30 heavy (non-hydrogen) atoms. The van der Waals surface area contributed by atoms with Crippen LogP contribution in [-0.4, -0.2) is 9.67 Å². The summed E-state index contributed by atoms with van der Waals surface area (Å²) in [7, 11) is 0. The summed E-state index contributed by atoms with van der Waals surface area (Å²) in [5, 5.41) is 12.2. The molecule has 0 aliphatic heterocycles. The van der Waals surface area contributed by atoms with Crippen LogP contribution >= 0.6 is 23.4 Å². The van der Waals surface area contributed by atoms with Crippen LogP contribution in [0.2, 0.25) is 5.02 Å². The van der Waals surface area contributed by atoms with Crippen molar-refractivity contribution in [1.29, 1.82) is 0 Å². The molecule has 152 valence electrons. The van der Waals surface area contributed by atoms with Crippen molar-refractivity contribution in [3.05, 3.63) is 74.3 Å². The fraction of sp³-hybridized carbons (Fsp3) is 0.217. The molecular formula is C23H18ClNO4S. The quantitative estimate of drug-likeness (QED) is 0.412. The van der Waals surface area contributed by atoms with E-state index in [0.717, 1.165) is 43.0 Å². The van der Waals surface area contributed by atoms with Gasteiger partial charge in [-0.25, -0.2) is 4.79 Å². The van der Waals surface area contributed by atoms with Gasteiger partial charge in [-0.1, -0.05) is 54.4 Å². The van der Waals surface area contributed by atoms with E-state index in [9.17, 15) is 14.7 Å². The lowest BCUT2D eigenvalue weighted by Crippen LogP contribution is -2.25. The van der Waals surface area contributed by atoms with Crippen molar-refractivity contribution in [2.24, 2.45) is 0 Å². The molecule has 5 nitrogen and oxygen atoms in total. The molecule has 1 fully saturated rings. The monoisotopic (exact) mass is 439 g/mol. The van der Waals surface area contributed by atoms with Gasteiger partial charge in [-0.05, 0) is 43.2 Å². The Hall–Kier alpha value is -2.70. The number of aromatic nitrogens is 1. The minimum atomic E-state index is -0.687. The van der Waals surface area contributed by atoms with Crippen molar-refractivity contribution in [1.82, 2.24) is 4.57 Å². The van der Waals surface area contributed by atoms with Crippen LogP contribution in [0.3, 0.4) is 0 Å². The Morgan fingerprint density at radius 2 is 1.83 bits per heavy atom. The number of halogens is 1. The largest absolute Gasteiger partial charge is 0.505 e. The van der Waals surface area contributed by atoms with Crippen LogP contribution in [0.15, 0.2) is 72.3 Å². The van der Waals surface area contributed by atoms with Crippen LogP contribution < -0.4 is 11.2 Å². The van der Waals surface area contributed by atoms with Gasteiger partial charge in [0.15, 0.2) is 11.3 Å². The summed E-state index contributed by atoms with van der Waals surface area (Å²) in [5.41, 5.74) is -0.166. The predicted molar refractivity (Wildman–Crippen MR) is 119 cm³/mol. The third kappa shape index (κ3) is 3.11. The van der Waals surface area contributed by atoms with Gasteiger partial charge in [0.2, 0.25) is 0 Å². The zero-order valence-corrected chi connectivity index (χ0v) is 17.5. The highest BCUT2D eigenvalue weighted by molar-refractivity contribution is 7.99. The lowest BCUT2D eigenvalue weighted by molar-refractivity contribution is 0.445. The number of nitrogens with zero attached hydrogens (tertiary/aromatic N) is 1. The van der Waals surface area contributed by atoms with Crippen molar-refractivity contribution in [2.45, 2.75) is 41.5 Å². The van der Waals surface area contributed by atoms with Gasteiger partial charge in [-0.2, -0.15) is 0 Å². The minimum absolute atomic E-state index is 0.0184. The lowest BCUT2D eigenvalue weighted by Gasteiger charge is -2.18. The van der Waals surface area contributed by atoms with Gasteiger partial charge in [-0.15, -0.1) is 0 Å². The van der Waals surface area contributed by atoms with E-state index in [1.807, 2.05) is 24.3 Å². The molecule has 2 aromatic carbocycles. The highest BCUT2D eigenvalue weighted by atomic mass is 35.5. The fourth-order valence-electron chi connectivity index (χ4n) is 4.26. The van der Waals surface area contributed by atoms with Crippen molar-refractivity contribution >= 4 is 45.2 Å². The van der Waals surface area contributed by atoms with E-state index in [4.69, 9.17) is 16.0 Å². The second-order valence-electron chi connectivity index (χ2n) is 7.46. The Kier molecular flexibility index (Phi) is 4.83. The summed E-state index contributed by atoms with van der Waals surface area (Å²) in [6.45, 7) is 0. The molecule has 1 saturated carbocycles. The molecule has 4 aromatic rings. The number of para-hydroxylation sites is 1. The van der Waals surface area contributed by atoms with E-state index < -0.39 is 5.63 Å². The van der Waals surface area contributed by atoms with E-state index in [1.54, 1.807) is 28.8 Å². The summed E-state index contributed by atoms with van der Waals surface area (Å²) in [5.74, 6) is -0.339. The van der Waals surface area contributed by atoms with E-state index in [-0.39, 0.29) is 33.2 Å². The van der Waals surface area contributed by atoms with Crippen molar-refractivity contribution in [3.63, 3.8) is 0 Å². The van der Waals surface area contributed by atoms with Gasteiger partial charge in [0, 0.05) is 21.3 Å². The van der Waals surface area contributed by atoms with Crippen molar-refractivity contribution < 1.29 is 9.52 Å². The van der Waals surface area contributed by atoms with Gasteiger partial charge in [-0.3, -0.25) is 4.79 Å². The van der Waals surface area contributed by atoms with Gasteiger partial charge >= 0.3 is 5.63 Å². The molecule has 5 rings (SSSR count). The first-order valence-electron chi connectivity index (χ1n) is 9.81. The van der Waals surface area contributed by atoms with E-state index in [0.29, 0.717) is 15.3 Å². The number of rotatable bonds is 3. The SMILES string of the molecule is O=c1oc2c(c(O)c1Sc1cccc(Cl)c1)c(=O)n(C1CCCC1)c1ccccc21. The van der Waals surface area contributed by atoms with E-state index >= 15 is 0 Å². The minimum Gasteiger partial charge on any atom is -0.505 e. The first-order valence-corrected chi connectivity index (χ1v) is 11.0. The van der Waals surface area contributed by atoms with Crippen molar-refractivity contribution in [3.8, 4) is 5.75 Å². The molecule has 0 bridgehead atoms. The van der Waals surface area contributed by atoms with E-state index in [2.05, 4.69) is 0 Å². The topological polar surface area (TPSA) is 72.4 Å². The molecule has 0 atom stereocenters. The van der Waals surface area contributed by atoms with Gasteiger partial charge < -0.3 is 14.1 Å². The molecule has 2 aromatic heterocycles. The Labute approximate surface area is 180 Å². The number of fused-ring (bicyclic) bond motifs is 3. The molecule has 0 unspecified atom stereocenters. The predicted octanol–water partition coefficient (Wildman–Crippen LogP) is 5.73. The highest BCUT2D eigenvalue weighted by Crippen LogP contribution is 2.39. The Bertz CT molecular complexity index is 1400. The Balaban J connectivity index is 1.82.